The van der Waals surface area contributed by atoms with Gasteiger partial charge in [-0.1, -0.05) is 115 Å². The number of benzene rings is 7. The summed E-state index contributed by atoms with van der Waals surface area (Å²) in [5.41, 5.74) is 12.4. The van der Waals surface area contributed by atoms with Gasteiger partial charge in [0.05, 0.1) is 22.4 Å². The number of aromatic nitrogens is 4. The lowest BCUT2D eigenvalue weighted by Gasteiger charge is -2.11. The number of hydrogen-bond donors (Lipinski definition) is 0. The second kappa shape index (κ2) is 12.0. The van der Waals surface area contributed by atoms with Crippen LogP contribution in [0.25, 0.3) is 99.9 Å². The third-order valence-electron chi connectivity index (χ3n) is 10.4. The molecular formula is C47H32N4O2. The van der Waals surface area contributed by atoms with Crippen molar-refractivity contribution >= 4 is 43.7 Å². The van der Waals surface area contributed by atoms with Crippen LogP contribution in [0.3, 0.4) is 0 Å². The molecule has 0 saturated carbocycles. The summed E-state index contributed by atoms with van der Waals surface area (Å²) in [6, 6.07) is 54.4. The normalized spacial score (nSPS) is 11.7. The minimum absolute atomic E-state index is 0.0401. The Morgan fingerprint density at radius 3 is 1.91 bits per heavy atom. The summed E-state index contributed by atoms with van der Waals surface area (Å²) in [6.45, 7) is 0. The molecule has 0 spiro atoms. The van der Waals surface area contributed by atoms with Crippen LogP contribution in [-0.4, -0.2) is 19.1 Å². The Balaban J connectivity index is 1.07. The van der Waals surface area contributed by atoms with Gasteiger partial charge in [-0.15, -0.1) is 0 Å². The summed E-state index contributed by atoms with van der Waals surface area (Å²) in [5.74, 6) is 0.662. The van der Waals surface area contributed by atoms with Crippen molar-refractivity contribution in [3.8, 4) is 56.2 Å². The largest absolute Gasteiger partial charge is 0.456 e. The summed E-state index contributed by atoms with van der Waals surface area (Å²) in [4.78, 5) is 22.8. The lowest BCUT2D eigenvalue weighted by molar-refractivity contribution is 0.669. The molecule has 0 aliphatic heterocycles. The molecule has 0 atom stereocenters. The van der Waals surface area contributed by atoms with E-state index >= 15 is 0 Å². The second-order valence-corrected chi connectivity index (χ2v) is 13.6. The minimum Gasteiger partial charge on any atom is -0.456 e. The van der Waals surface area contributed by atoms with E-state index in [2.05, 4.69) is 115 Å². The zero-order chi connectivity index (χ0) is 35.6. The highest BCUT2D eigenvalue weighted by atomic mass is 16.3. The van der Waals surface area contributed by atoms with Gasteiger partial charge >= 0.3 is 5.69 Å². The molecule has 3 heterocycles. The highest BCUT2D eigenvalue weighted by molar-refractivity contribution is 6.15. The third kappa shape index (κ3) is 5.15. The molecule has 10 rings (SSSR count). The first-order valence-electron chi connectivity index (χ1n) is 17.6. The quantitative estimate of drug-likeness (QED) is 0.181. The van der Waals surface area contributed by atoms with Gasteiger partial charge in [-0.05, 0) is 75.5 Å². The predicted octanol–water partition coefficient (Wildman–Crippen LogP) is 11.1. The molecule has 0 radical (unpaired) electrons. The average Bonchev–Trinajstić information content (AvgIpc) is 3.69. The molecule has 6 heteroatoms. The molecule has 6 nitrogen and oxygen atoms in total. The second-order valence-electron chi connectivity index (χ2n) is 13.6. The number of aryl methyl sites for hydroxylation is 2. The van der Waals surface area contributed by atoms with Gasteiger partial charge in [-0.25, -0.2) is 14.8 Å². The molecule has 252 valence electrons. The fourth-order valence-electron chi connectivity index (χ4n) is 7.58. The van der Waals surface area contributed by atoms with Crippen molar-refractivity contribution in [3.63, 3.8) is 0 Å². The topological polar surface area (TPSA) is 65.8 Å². The SMILES string of the molecule is Cn1c(=O)n(C)c2cc(-c3cccc(-c4cc(-c5ccc(-c6cccc7oc8cc9ccccc9cc8c67)cc5)nc(-c5ccccc5)n4)c3)ccc21. The highest BCUT2D eigenvalue weighted by Gasteiger charge is 2.16. The van der Waals surface area contributed by atoms with E-state index in [-0.39, 0.29) is 5.69 Å². The summed E-state index contributed by atoms with van der Waals surface area (Å²) in [7, 11) is 3.62. The molecule has 53 heavy (non-hydrogen) atoms. The average molecular weight is 685 g/mol. The molecule has 10 aromatic rings. The van der Waals surface area contributed by atoms with E-state index < -0.39 is 0 Å². The van der Waals surface area contributed by atoms with Crippen LogP contribution in [0.4, 0.5) is 0 Å². The van der Waals surface area contributed by atoms with Crippen molar-refractivity contribution in [2.24, 2.45) is 14.1 Å². The van der Waals surface area contributed by atoms with E-state index in [1.54, 1.807) is 16.2 Å². The van der Waals surface area contributed by atoms with Crippen LogP contribution >= 0.6 is 0 Å². The Kier molecular flexibility index (Phi) is 6.98. The maximum atomic E-state index is 12.6. The number of furan rings is 1. The van der Waals surface area contributed by atoms with E-state index in [1.807, 2.05) is 49.5 Å². The first-order valence-corrected chi connectivity index (χ1v) is 17.6. The molecule has 7 aromatic carbocycles. The van der Waals surface area contributed by atoms with Crippen molar-refractivity contribution < 1.29 is 4.42 Å². The Bertz CT molecular complexity index is 3100. The van der Waals surface area contributed by atoms with Crippen molar-refractivity contribution in [3.05, 3.63) is 168 Å². The molecule has 0 saturated heterocycles. The first kappa shape index (κ1) is 30.7. The fourth-order valence-corrected chi connectivity index (χ4v) is 7.58. The van der Waals surface area contributed by atoms with Gasteiger partial charge in [0, 0.05) is 41.6 Å². The third-order valence-corrected chi connectivity index (χ3v) is 10.4. The van der Waals surface area contributed by atoms with Gasteiger partial charge in [0.15, 0.2) is 5.82 Å². The Hall–Kier alpha value is -7.05. The van der Waals surface area contributed by atoms with Crippen LogP contribution in [0.2, 0.25) is 0 Å². The van der Waals surface area contributed by atoms with Crippen LogP contribution < -0.4 is 5.69 Å². The van der Waals surface area contributed by atoms with Crippen molar-refractivity contribution in [2.75, 3.05) is 0 Å². The number of imidazole rings is 1. The molecule has 0 bridgehead atoms. The zero-order valence-corrected chi connectivity index (χ0v) is 29.1. The van der Waals surface area contributed by atoms with E-state index in [9.17, 15) is 4.79 Å². The van der Waals surface area contributed by atoms with Crippen molar-refractivity contribution in [1.82, 2.24) is 19.1 Å². The molecule has 0 aliphatic carbocycles. The Morgan fingerprint density at radius 1 is 0.472 bits per heavy atom. The molecular weight excluding hydrogens is 653 g/mol. The molecule has 0 N–H and O–H groups in total. The van der Waals surface area contributed by atoms with Crippen LogP contribution in [0.1, 0.15) is 0 Å². The van der Waals surface area contributed by atoms with Gasteiger partial charge in [0.1, 0.15) is 11.2 Å². The summed E-state index contributed by atoms with van der Waals surface area (Å²) >= 11 is 0. The maximum absolute atomic E-state index is 12.6. The van der Waals surface area contributed by atoms with Gasteiger partial charge in [0.25, 0.3) is 0 Å². The summed E-state index contributed by atoms with van der Waals surface area (Å²) < 4.78 is 9.73. The van der Waals surface area contributed by atoms with E-state index in [0.717, 1.165) is 88.7 Å². The number of fused-ring (bicyclic) bond motifs is 5. The van der Waals surface area contributed by atoms with Crippen LogP contribution in [0.15, 0.2) is 167 Å². The minimum atomic E-state index is -0.0401. The smallest absolute Gasteiger partial charge is 0.328 e. The molecule has 0 unspecified atom stereocenters. The van der Waals surface area contributed by atoms with Gasteiger partial charge in [0.2, 0.25) is 0 Å². The highest BCUT2D eigenvalue weighted by Crippen LogP contribution is 2.39. The van der Waals surface area contributed by atoms with Gasteiger partial charge < -0.3 is 4.42 Å². The fraction of sp³-hybridized carbons (Fsp3) is 0.0426. The lowest BCUT2D eigenvalue weighted by atomic mass is 9.96. The Labute approximate surface area is 304 Å². The van der Waals surface area contributed by atoms with Crippen molar-refractivity contribution in [1.29, 1.82) is 0 Å². The van der Waals surface area contributed by atoms with E-state index in [4.69, 9.17) is 14.4 Å². The molecule has 0 fully saturated rings. The molecule has 3 aromatic heterocycles. The molecule has 0 amide bonds. The predicted molar refractivity (Wildman–Crippen MR) is 216 cm³/mol. The van der Waals surface area contributed by atoms with Gasteiger partial charge in [-0.3, -0.25) is 9.13 Å². The van der Waals surface area contributed by atoms with Gasteiger partial charge in [-0.2, -0.15) is 0 Å². The van der Waals surface area contributed by atoms with Crippen LogP contribution in [-0.2, 0) is 14.1 Å². The van der Waals surface area contributed by atoms with E-state index in [0.29, 0.717) is 5.82 Å². The lowest BCUT2D eigenvalue weighted by Crippen LogP contribution is -2.19. The standard InChI is InChI=1S/C47H32N4O2/c1-50-41-23-22-35(26-42(41)51(2)47(50)52)32-14-8-15-36(24-32)40-28-39(48-46(49-40)31-10-4-3-5-11-31)30-20-18-29(19-21-30)37-16-9-17-43-45(37)38-25-33-12-6-7-13-34(33)27-44(38)53-43/h3-28H,1-2H3. The maximum Gasteiger partial charge on any atom is 0.328 e. The number of hydrogen-bond acceptors (Lipinski definition) is 4. The summed E-state index contributed by atoms with van der Waals surface area (Å²) in [6.07, 6.45) is 0. The Morgan fingerprint density at radius 2 is 1.09 bits per heavy atom. The number of nitrogens with zero attached hydrogens (tertiary/aromatic N) is 4. The number of rotatable bonds is 5. The van der Waals surface area contributed by atoms with Crippen LogP contribution in [0, 0.1) is 0 Å². The first-order chi connectivity index (χ1) is 26.0. The van der Waals surface area contributed by atoms with Crippen molar-refractivity contribution in [2.45, 2.75) is 0 Å². The monoisotopic (exact) mass is 684 g/mol. The van der Waals surface area contributed by atoms with E-state index in [1.165, 1.54) is 5.39 Å². The zero-order valence-electron chi connectivity index (χ0n) is 29.1. The molecule has 0 aliphatic rings. The summed E-state index contributed by atoms with van der Waals surface area (Å²) in [5, 5.41) is 4.58. The van der Waals surface area contributed by atoms with Crippen LogP contribution in [0.5, 0.6) is 0 Å².